The van der Waals surface area contributed by atoms with Crippen LogP contribution in [0.25, 0.3) is 0 Å². The molecule has 0 radical (unpaired) electrons. The molecule has 1 nitrogen and oxygen atoms in total. The topological polar surface area (TPSA) is 12.0 Å². The van der Waals surface area contributed by atoms with Crippen molar-refractivity contribution in [1.82, 2.24) is 5.32 Å². The molecule has 0 aromatic heterocycles. The largest absolute Gasteiger partial charge is 0.310 e. The van der Waals surface area contributed by atoms with Gasteiger partial charge in [0.2, 0.25) is 0 Å². The van der Waals surface area contributed by atoms with Crippen LogP contribution in [-0.2, 0) is 0 Å². The third-order valence-corrected chi connectivity index (χ3v) is 5.07. The van der Waals surface area contributed by atoms with Gasteiger partial charge in [0.05, 0.1) is 0 Å². The van der Waals surface area contributed by atoms with Gasteiger partial charge in [0, 0.05) is 10.5 Å². The quantitative estimate of drug-likeness (QED) is 0.773. The monoisotopic (exact) mass is 323 g/mol. The smallest absolute Gasteiger partial charge is 0.0318 e. The third-order valence-electron chi connectivity index (χ3n) is 4.57. The normalized spacial score (nSPS) is 25.2. The van der Waals surface area contributed by atoms with Gasteiger partial charge in [0.15, 0.2) is 0 Å². The van der Waals surface area contributed by atoms with E-state index < -0.39 is 0 Å². The van der Waals surface area contributed by atoms with Crippen LogP contribution in [0.5, 0.6) is 0 Å². The summed E-state index contributed by atoms with van der Waals surface area (Å²) in [6.07, 6.45) is 6.82. The summed E-state index contributed by atoms with van der Waals surface area (Å²) in [7, 11) is 0. The van der Waals surface area contributed by atoms with E-state index in [1.54, 1.807) is 0 Å². The molecule has 0 bridgehead atoms. The Bertz CT molecular complexity index is 391. The fourth-order valence-electron chi connectivity index (χ4n) is 3.21. The lowest BCUT2D eigenvalue weighted by Gasteiger charge is -2.30. The summed E-state index contributed by atoms with van der Waals surface area (Å²) in [6.45, 7) is 5.86. The average Bonchev–Trinajstić information content (AvgIpc) is 2.41. The second-order valence-corrected chi connectivity index (χ2v) is 6.86. The van der Waals surface area contributed by atoms with Crippen molar-refractivity contribution in [1.29, 1.82) is 0 Å². The average molecular weight is 324 g/mol. The van der Waals surface area contributed by atoms with Crippen molar-refractivity contribution < 1.29 is 0 Å². The molecule has 0 heterocycles. The van der Waals surface area contributed by atoms with Crippen molar-refractivity contribution in [3.8, 4) is 0 Å². The molecule has 1 aromatic carbocycles. The highest BCUT2D eigenvalue weighted by atomic mass is 79.9. The van der Waals surface area contributed by atoms with Crippen molar-refractivity contribution in [2.45, 2.75) is 52.0 Å². The number of nitrogens with one attached hydrogen (secondary N) is 1. The molecule has 106 valence electrons. The molecule has 2 rings (SSSR count). The molecule has 2 heteroatoms. The van der Waals surface area contributed by atoms with E-state index in [-0.39, 0.29) is 0 Å². The molecule has 1 aliphatic carbocycles. The number of benzene rings is 1. The third kappa shape index (κ3) is 4.32. The Labute approximate surface area is 126 Å². The van der Waals surface area contributed by atoms with Gasteiger partial charge >= 0.3 is 0 Å². The highest BCUT2D eigenvalue weighted by Crippen LogP contribution is 2.30. The molecule has 0 spiro atoms. The standard InChI is InChI=1S/C17H26BrN/c1-3-17(14-9-6-10-16(18)11-14)19-12-15-8-5-4-7-13(15)2/h6,9-11,13,15,17,19H,3-5,7-8,12H2,1-2H3. The number of rotatable bonds is 5. The van der Waals surface area contributed by atoms with E-state index in [0.717, 1.165) is 18.3 Å². The fraction of sp³-hybridized carbons (Fsp3) is 0.647. The van der Waals surface area contributed by atoms with E-state index >= 15 is 0 Å². The van der Waals surface area contributed by atoms with Gasteiger partial charge in [-0.1, -0.05) is 61.2 Å². The Morgan fingerprint density at radius 1 is 1.32 bits per heavy atom. The lowest BCUT2D eigenvalue weighted by molar-refractivity contribution is 0.240. The molecule has 1 aliphatic rings. The lowest BCUT2D eigenvalue weighted by atomic mass is 9.80. The fourth-order valence-corrected chi connectivity index (χ4v) is 3.63. The molecule has 1 fully saturated rings. The first-order valence-electron chi connectivity index (χ1n) is 7.69. The summed E-state index contributed by atoms with van der Waals surface area (Å²) in [4.78, 5) is 0. The van der Waals surface area contributed by atoms with Crippen LogP contribution in [0, 0.1) is 11.8 Å². The van der Waals surface area contributed by atoms with Crippen LogP contribution in [0.2, 0.25) is 0 Å². The van der Waals surface area contributed by atoms with Crippen LogP contribution in [0.1, 0.15) is 57.6 Å². The second-order valence-electron chi connectivity index (χ2n) is 5.95. The Hall–Kier alpha value is -0.340. The van der Waals surface area contributed by atoms with Crippen molar-refractivity contribution in [3.63, 3.8) is 0 Å². The van der Waals surface area contributed by atoms with E-state index in [1.807, 2.05) is 0 Å². The van der Waals surface area contributed by atoms with E-state index in [4.69, 9.17) is 0 Å². The van der Waals surface area contributed by atoms with Crippen LogP contribution < -0.4 is 5.32 Å². The minimum atomic E-state index is 0.492. The molecule has 3 atom stereocenters. The van der Waals surface area contributed by atoms with Gasteiger partial charge < -0.3 is 5.32 Å². The van der Waals surface area contributed by atoms with Gasteiger partial charge in [-0.2, -0.15) is 0 Å². The van der Waals surface area contributed by atoms with Gasteiger partial charge in [-0.25, -0.2) is 0 Å². The Kier molecular flexibility index (Phi) is 5.90. The summed E-state index contributed by atoms with van der Waals surface area (Å²) in [5.74, 6) is 1.76. The zero-order chi connectivity index (χ0) is 13.7. The van der Waals surface area contributed by atoms with Gasteiger partial charge in [0.25, 0.3) is 0 Å². The maximum Gasteiger partial charge on any atom is 0.0318 e. The highest BCUT2D eigenvalue weighted by Gasteiger charge is 2.22. The zero-order valence-corrected chi connectivity index (χ0v) is 13.7. The van der Waals surface area contributed by atoms with Gasteiger partial charge in [-0.15, -0.1) is 0 Å². The van der Waals surface area contributed by atoms with E-state index in [2.05, 4.69) is 59.4 Å². The molecule has 1 saturated carbocycles. The second kappa shape index (κ2) is 7.44. The summed E-state index contributed by atoms with van der Waals surface area (Å²) in [5, 5.41) is 3.79. The minimum absolute atomic E-state index is 0.492. The van der Waals surface area contributed by atoms with E-state index in [0.29, 0.717) is 6.04 Å². The SMILES string of the molecule is CCC(NCC1CCCCC1C)c1cccc(Br)c1. The summed E-state index contributed by atoms with van der Waals surface area (Å²) in [5.41, 5.74) is 1.40. The van der Waals surface area contributed by atoms with Crippen molar-refractivity contribution >= 4 is 15.9 Å². The first-order valence-corrected chi connectivity index (χ1v) is 8.49. The molecule has 1 aromatic rings. The van der Waals surface area contributed by atoms with E-state index in [1.165, 1.54) is 42.3 Å². The maximum atomic E-state index is 3.79. The minimum Gasteiger partial charge on any atom is -0.310 e. The van der Waals surface area contributed by atoms with Crippen LogP contribution >= 0.6 is 15.9 Å². The molecule has 0 amide bonds. The highest BCUT2D eigenvalue weighted by molar-refractivity contribution is 9.10. The first kappa shape index (κ1) is 15.1. The van der Waals surface area contributed by atoms with Gasteiger partial charge in [0.1, 0.15) is 0 Å². The number of hydrogen-bond acceptors (Lipinski definition) is 1. The first-order chi connectivity index (χ1) is 9.20. The molecule has 1 N–H and O–H groups in total. The lowest BCUT2D eigenvalue weighted by Crippen LogP contribution is -2.31. The molecule has 0 saturated heterocycles. The maximum absolute atomic E-state index is 3.79. The van der Waals surface area contributed by atoms with Crippen LogP contribution in [0.4, 0.5) is 0 Å². The molecular formula is C17H26BrN. The molecule has 3 unspecified atom stereocenters. The zero-order valence-electron chi connectivity index (χ0n) is 12.2. The van der Waals surface area contributed by atoms with Gasteiger partial charge in [-0.3, -0.25) is 0 Å². The number of hydrogen-bond donors (Lipinski definition) is 1. The van der Waals surface area contributed by atoms with Crippen molar-refractivity contribution in [2.24, 2.45) is 11.8 Å². The van der Waals surface area contributed by atoms with E-state index in [9.17, 15) is 0 Å². The Morgan fingerprint density at radius 3 is 2.79 bits per heavy atom. The van der Waals surface area contributed by atoms with Crippen molar-refractivity contribution in [3.05, 3.63) is 34.3 Å². The molecule has 0 aliphatic heterocycles. The van der Waals surface area contributed by atoms with Crippen LogP contribution in [-0.4, -0.2) is 6.54 Å². The summed E-state index contributed by atoms with van der Waals surface area (Å²) >= 11 is 3.57. The van der Waals surface area contributed by atoms with Crippen LogP contribution in [0.3, 0.4) is 0 Å². The summed E-state index contributed by atoms with van der Waals surface area (Å²) in [6, 6.07) is 9.19. The molecular weight excluding hydrogens is 298 g/mol. The summed E-state index contributed by atoms with van der Waals surface area (Å²) < 4.78 is 1.18. The Balaban J connectivity index is 1.92. The number of halogens is 1. The van der Waals surface area contributed by atoms with Crippen molar-refractivity contribution in [2.75, 3.05) is 6.54 Å². The Morgan fingerprint density at radius 2 is 2.11 bits per heavy atom. The predicted molar refractivity (Wildman–Crippen MR) is 86.3 cm³/mol. The molecule has 19 heavy (non-hydrogen) atoms. The predicted octanol–water partition coefficient (Wildman–Crippen LogP) is 5.32. The van der Waals surface area contributed by atoms with Gasteiger partial charge in [-0.05, 0) is 48.9 Å². The van der Waals surface area contributed by atoms with Crippen LogP contribution in [0.15, 0.2) is 28.7 Å².